The number of nitrogens with zero attached hydrogens (tertiary/aromatic N) is 2. The molecule has 0 spiro atoms. The fourth-order valence-corrected chi connectivity index (χ4v) is 3.12. The van der Waals surface area contributed by atoms with Crippen molar-refractivity contribution in [1.29, 1.82) is 0 Å². The quantitative estimate of drug-likeness (QED) is 0.768. The molecular weight excluding hydrogens is 352 g/mol. The Bertz CT molecular complexity index is 799. The highest BCUT2D eigenvalue weighted by molar-refractivity contribution is 5.91. The van der Waals surface area contributed by atoms with Crippen molar-refractivity contribution in [3.63, 3.8) is 0 Å². The third-order valence-electron chi connectivity index (χ3n) is 4.58. The van der Waals surface area contributed by atoms with Crippen LogP contribution in [0, 0.1) is 0 Å². The van der Waals surface area contributed by atoms with Crippen molar-refractivity contribution in [3.05, 3.63) is 36.0 Å². The summed E-state index contributed by atoms with van der Waals surface area (Å²) in [6.07, 6.45) is 4.65. The average molecular weight is 374 g/mol. The molecule has 1 fully saturated rings. The Labute approximate surface area is 157 Å². The number of likely N-dealkylation sites (N-methyl/N-ethyl adjacent to an activating group) is 1. The van der Waals surface area contributed by atoms with E-state index in [1.54, 1.807) is 30.1 Å². The zero-order valence-corrected chi connectivity index (χ0v) is 15.2. The second kappa shape index (κ2) is 7.87. The maximum Gasteiger partial charge on any atom is 0.275 e. The zero-order valence-electron chi connectivity index (χ0n) is 15.2. The molecule has 1 atom stereocenters. The summed E-state index contributed by atoms with van der Waals surface area (Å²) in [5.74, 6) is 2.08. The minimum absolute atomic E-state index is 0.0911. The third kappa shape index (κ3) is 4.16. The molecule has 0 aliphatic carbocycles. The van der Waals surface area contributed by atoms with Crippen molar-refractivity contribution in [2.24, 2.45) is 0 Å². The Balaban J connectivity index is 1.31. The van der Waals surface area contributed by atoms with Crippen molar-refractivity contribution in [3.8, 4) is 17.2 Å². The maximum absolute atomic E-state index is 12.5. The highest BCUT2D eigenvalue weighted by Crippen LogP contribution is 2.35. The van der Waals surface area contributed by atoms with Crippen molar-refractivity contribution >= 4 is 5.91 Å². The molecule has 1 aromatic heterocycles. The smallest absolute Gasteiger partial charge is 0.275 e. The van der Waals surface area contributed by atoms with Gasteiger partial charge in [-0.3, -0.25) is 4.79 Å². The van der Waals surface area contributed by atoms with Gasteiger partial charge in [0.1, 0.15) is 12.0 Å². The van der Waals surface area contributed by atoms with Crippen molar-refractivity contribution < 1.29 is 28.2 Å². The van der Waals surface area contributed by atoms with Crippen LogP contribution in [0.1, 0.15) is 35.6 Å². The van der Waals surface area contributed by atoms with Gasteiger partial charge in [0.25, 0.3) is 5.91 Å². The van der Waals surface area contributed by atoms with Crippen LogP contribution in [0.4, 0.5) is 0 Å². The van der Waals surface area contributed by atoms with Crippen LogP contribution in [-0.4, -0.2) is 48.9 Å². The SMILES string of the molecule is CN(C[C@H]1CCCCO1)C(=O)c1coc(COc2ccc3c(c2)OCO3)n1. The molecule has 0 saturated carbocycles. The van der Waals surface area contributed by atoms with E-state index >= 15 is 0 Å². The van der Waals surface area contributed by atoms with E-state index in [1.165, 1.54) is 6.26 Å². The van der Waals surface area contributed by atoms with Crippen LogP contribution in [0.15, 0.2) is 28.9 Å². The van der Waals surface area contributed by atoms with Gasteiger partial charge in [-0.25, -0.2) is 4.98 Å². The van der Waals surface area contributed by atoms with Gasteiger partial charge < -0.3 is 28.3 Å². The van der Waals surface area contributed by atoms with Gasteiger partial charge in [0.2, 0.25) is 12.7 Å². The van der Waals surface area contributed by atoms with E-state index in [-0.39, 0.29) is 31.1 Å². The summed E-state index contributed by atoms with van der Waals surface area (Å²) >= 11 is 0. The summed E-state index contributed by atoms with van der Waals surface area (Å²) < 4.78 is 27.3. The molecule has 0 bridgehead atoms. The standard InChI is InChI=1S/C19H22N2O6/c1-21(9-14-4-2-3-7-23-14)19(22)15-10-25-18(20-15)11-24-13-5-6-16-17(8-13)27-12-26-16/h5-6,8,10,14H,2-4,7,9,11-12H2,1H3/t14-/m1/s1. The summed E-state index contributed by atoms with van der Waals surface area (Å²) in [7, 11) is 1.75. The molecule has 2 aliphatic heterocycles. The van der Waals surface area contributed by atoms with E-state index < -0.39 is 0 Å². The van der Waals surface area contributed by atoms with Gasteiger partial charge in [-0.05, 0) is 31.4 Å². The summed E-state index contributed by atoms with van der Waals surface area (Å²) in [5, 5.41) is 0. The number of oxazole rings is 1. The summed E-state index contributed by atoms with van der Waals surface area (Å²) in [6.45, 7) is 1.64. The molecule has 1 aromatic carbocycles. The lowest BCUT2D eigenvalue weighted by Crippen LogP contribution is -2.37. The predicted molar refractivity (Wildman–Crippen MR) is 94.0 cm³/mol. The van der Waals surface area contributed by atoms with Crippen LogP contribution in [0.2, 0.25) is 0 Å². The number of ether oxygens (including phenoxy) is 4. The van der Waals surface area contributed by atoms with Crippen molar-refractivity contribution in [2.45, 2.75) is 32.0 Å². The number of hydrogen-bond donors (Lipinski definition) is 0. The number of carbonyl (C=O) groups is 1. The lowest BCUT2D eigenvalue weighted by molar-refractivity contribution is -0.000293. The molecule has 8 nitrogen and oxygen atoms in total. The summed E-state index contributed by atoms with van der Waals surface area (Å²) in [6, 6.07) is 5.31. The van der Waals surface area contributed by atoms with Gasteiger partial charge in [-0.2, -0.15) is 0 Å². The van der Waals surface area contributed by atoms with E-state index in [2.05, 4.69) is 4.98 Å². The third-order valence-corrected chi connectivity index (χ3v) is 4.58. The van der Waals surface area contributed by atoms with Gasteiger partial charge in [0, 0.05) is 26.3 Å². The average Bonchev–Trinajstić information content (AvgIpc) is 3.35. The molecule has 1 saturated heterocycles. The Hall–Kier alpha value is -2.74. The molecule has 2 aliphatic rings. The molecule has 27 heavy (non-hydrogen) atoms. The van der Waals surface area contributed by atoms with Crippen LogP contribution >= 0.6 is 0 Å². The number of amides is 1. The molecule has 8 heteroatoms. The lowest BCUT2D eigenvalue weighted by atomic mass is 10.1. The van der Waals surface area contributed by atoms with Gasteiger partial charge in [-0.15, -0.1) is 0 Å². The maximum atomic E-state index is 12.5. The van der Waals surface area contributed by atoms with E-state index in [1.807, 2.05) is 0 Å². The first-order valence-corrected chi connectivity index (χ1v) is 9.03. The molecule has 0 N–H and O–H groups in total. The summed E-state index contributed by atoms with van der Waals surface area (Å²) in [5.41, 5.74) is 0.262. The summed E-state index contributed by atoms with van der Waals surface area (Å²) in [4.78, 5) is 18.4. The first-order chi connectivity index (χ1) is 13.2. The minimum atomic E-state index is -0.192. The molecule has 2 aromatic rings. The van der Waals surface area contributed by atoms with Crippen LogP contribution in [-0.2, 0) is 11.3 Å². The normalized spacial score (nSPS) is 18.3. The Kier molecular flexibility index (Phi) is 5.15. The Morgan fingerprint density at radius 3 is 3.04 bits per heavy atom. The molecule has 0 unspecified atom stereocenters. The van der Waals surface area contributed by atoms with Crippen molar-refractivity contribution in [1.82, 2.24) is 9.88 Å². The number of benzene rings is 1. The molecule has 0 radical (unpaired) electrons. The van der Waals surface area contributed by atoms with E-state index in [0.717, 1.165) is 25.9 Å². The second-order valence-corrected chi connectivity index (χ2v) is 6.60. The molecular formula is C19H22N2O6. The highest BCUT2D eigenvalue weighted by Gasteiger charge is 2.22. The molecule has 1 amide bonds. The van der Waals surface area contributed by atoms with Crippen LogP contribution in [0.3, 0.4) is 0 Å². The van der Waals surface area contributed by atoms with Crippen LogP contribution < -0.4 is 14.2 Å². The topological polar surface area (TPSA) is 83.3 Å². The van der Waals surface area contributed by atoms with Crippen molar-refractivity contribution in [2.75, 3.05) is 27.0 Å². The first kappa shape index (κ1) is 17.7. The van der Waals surface area contributed by atoms with Gasteiger partial charge in [0.05, 0.1) is 6.10 Å². The highest BCUT2D eigenvalue weighted by atomic mass is 16.7. The fourth-order valence-electron chi connectivity index (χ4n) is 3.12. The zero-order chi connectivity index (χ0) is 18.6. The Morgan fingerprint density at radius 1 is 1.30 bits per heavy atom. The van der Waals surface area contributed by atoms with Crippen LogP contribution in [0.5, 0.6) is 17.2 Å². The van der Waals surface area contributed by atoms with Gasteiger partial charge in [-0.1, -0.05) is 0 Å². The number of hydrogen-bond acceptors (Lipinski definition) is 7. The molecule has 4 rings (SSSR count). The number of carbonyl (C=O) groups excluding carboxylic acids is 1. The first-order valence-electron chi connectivity index (χ1n) is 9.03. The number of rotatable bonds is 6. The van der Waals surface area contributed by atoms with E-state index in [0.29, 0.717) is 29.7 Å². The largest absolute Gasteiger partial charge is 0.484 e. The number of fused-ring (bicyclic) bond motifs is 1. The van der Waals surface area contributed by atoms with E-state index in [4.69, 9.17) is 23.4 Å². The predicted octanol–water partition coefficient (Wildman–Crippen LogP) is 2.62. The second-order valence-electron chi connectivity index (χ2n) is 6.60. The van der Waals surface area contributed by atoms with E-state index in [9.17, 15) is 4.79 Å². The molecule has 3 heterocycles. The minimum Gasteiger partial charge on any atom is -0.484 e. The van der Waals surface area contributed by atoms with Gasteiger partial charge in [0.15, 0.2) is 23.8 Å². The lowest BCUT2D eigenvalue weighted by Gasteiger charge is -2.26. The van der Waals surface area contributed by atoms with Crippen LogP contribution in [0.25, 0.3) is 0 Å². The molecule has 144 valence electrons. The monoisotopic (exact) mass is 374 g/mol. The Morgan fingerprint density at radius 2 is 2.19 bits per heavy atom. The fraction of sp³-hybridized carbons (Fsp3) is 0.474. The van der Waals surface area contributed by atoms with Gasteiger partial charge >= 0.3 is 0 Å². The number of aromatic nitrogens is 1.